The third-order valence-corrected chi connectivity index (χ3v) is 4.58. The molecule has 102 valence electrons. The average molecular weight is 254 g/mol. The maximum Gasteiger partial charge on any atom is 0.230 e. The first kappa shape index (κ1) is 12.4. The number of hydrogen-bond acceptors (Lipinski definition) is 4. The number of hydrogen-bond donors (Lipinski definition) is 2. The van der Waals surface area contributed by atoms with Gasteiger partial charge in [-0.25, -0.2) is 0 Å². The van der Waals surface area contributed by atoms with E-state index in [4.69, 9.17) is 15.2 Å². The summed E-state index contributed by atoms with van der Waals surface area (Å²) in [6, 6.07) is -0.0474. The number of carbonyl (C=O) groups is 1. The molecule has 2 saturated heterocycles. The molecule has 3 aliphatic rings. The normalized spacial score (nSPS) is 44.2. The van der Waals surface area contributed by atoms with E-state index in [1.807, 2.05) is 6.92 Å². The summed E-state index contributed by atoms with van der Waals surface area (Å²) >= 11 is 0. The van der Waals surface area contributed by atoms with Gasteiger partial charge in [-0.1, -0.05) is 0 Å². The highest BCUT2D eigenvalue weighted by Gasteiger charge is 2.47. The fourth-order valence-electron chi connectivity index (χ4n) is 2.91. The molecule has 1 aliphatic carbocycles. The Labute approximate surface area is 107 Å². The Balaban J connectivity index is 1.63. The van der Waals surface area contributed by atoms with Gasteiger partial charge < -0.3 is 20.5 Å². The Hall–Kier alpha value is -0.650. The van der Waals surface area contributed by atoms with Gasteiger partial charge in [-0.2, -0.15) is 0 Å². The molecular weight excluding hydrogens is 232 g/mol. The van der Waals surface area contributed by atoms with Gasteiger partial charge in [0.15, 0.2) is 0 Å². The highest BCUT2D eigenvalue weighted by Crippen LogP contribution is 2.39. The van der Waals surface area contributed by atoms with Crippen LogP contribution in [0.2, 0.25) is 0 Å². The molecule has 0 radical (unpaired) electrons. The Bertz CT molecular complexity index is 345. The number of nitrogens with one attached hydrogen (secondary N) is 1. The topological polar surface area (TPSA) is 73.6 Å². The van der Waals surface area contributed by atoms with E-state index in [1.165, 1.54) is 12.8 Å². The summed E-state index contributed by atoms with van der Waals surface area (Å²) < 4.78 is 11.1. The van der Waals surface area contributed by atoms with E-state index in [9.17, 15) is 4.79 Å². The van der Waals surface area contributed by atoms with Crippen molar-refractivity contribution >= 4 is 5.91 Å². The van der Waals surface area contributed by atoms with Crippen LogP contribution in [0.4, 0.5) is 0 Å². The zero-order valence-electron chi connectivity index (χ0n) is 10.9. The molecule has 5 heteroatoms. The molecule has 0 bridgehead atoms. The van der Waals surface area contributed by atoms with Gasteiger partial charge in [-0.05, 0) is 32.1 Å². The van der Waals surface area contributed by atoms with E-state index in [1.54, 1.807) is 0 Å². The molecule has 18 heavy (non-hydrogen) atoms. The maximum atomic E-state index is 12.4. The van der Waals surface area contributed by atoms with Crippen LogP contribution in [0.15, 0.2) is 0 Å². The van der Waals surface area contributed by atoms with Gasteiger partial charge in [0.2, 0.25) is 5.91 Å². The van der Waals surface area contributed by atoms with Gasteiger partial charge in [-0.3, -0.25) is 4.79 Å². The second-order valence-electron chi connectivity index (χ2n) is 6.08. The fraction of sp³-hybridized carbons (Fsp3) is 0.923. The molecule has 3 fully saturated rings. The Morgan fingerprint density at radius 1 is 1.39 bits per heavy atom. The zero-order valence-corrected chi connectivity index (χ0v) is 10.9. The lowest BCUT2D eigenvalue weighted by Gasteiger charge is -2.29. The monoisotopic (exact) mass is 254 g/mol. The van der Waals surface area contributed by atoms with Crippen molar-refractivity contribution < 1.29 is 14.3 Å². The van der Waals surface area contributed by atoms with E-state index >= 15 is 0 Å². The summed E-state index contributed by atoms with van der Waals surface area (Å²) in [5.41, 5.74) is 5.39. The van der Waals surface area contributed by atoms with Crippen LogP contribution in [0.1, 0.15) is 26.2 Å². The lowest BCUT2D eigenvalue weighted by Crippen LogP contribution is -2.54. The Morgan fingerprint density at radius 3 is 2.78 bits per heavy atom. The van der Waals surface area contributed by atoms with Gasteiger partial charge in [-0.15, -0.1) is 0 Å². The number of amides is 1. The van der Waals surface area contributed by atoms with E-state index in [0.717, 1.165) is 13.0 Å². The van der Waals surface area contributed by atoms with E-state index in [2.05, 4.69) is 5.32 Å². The molecule has 3 rings (SSSR count). The first-order valence-electron chi connectivity index (χ1n) is 6.87. The van der Waals surface area contributed by atoms with Crippen molar-refractivity contribution in [3.63, 3.8) is 0 Å². The molecule has 4 atom stereocenters. The quantitative estimate of drug-likeness (QED) is 0.745. The van der Waals surface area contributed by atoms with Crippen molar-refractivity contribution in [3.8, 4) is 0 Å². The molecule has 0 aromatic carbocycles. The molecule has 1 amide bonds. The lowest BCUT2D eigenvalue weighted by molar-refractivity contribution is -0.131. The van der Waals surface area contributed by atoms with Crippen LogP contribution >= 0.6 is 0 Å². The number of nitrogens with two attached hydrogens (primary N) is 1. The molecule has 1 saturated carbocycles. The van der Waals surface area contributed by atoms with Crippen molar-refractivity contribution in [2.45, 2.75) is 44.4 Å². The number of ether oxygens (including phenoxy) is 2. The standard InChI is InChI=1S/C13H22N2O3/c1-13(7-17-6-10(13)14)12(16)15-9-4-5-18-11(9)8-2-3-8/h8-11H,2-7,14H2,1H3,(H,15,16). The van der Waals surface area contributed by atoms with Crippen LogP contribution in [0, 0.1) is 11.3 Å². The van der Waals surface area contributed by atoms with Crippen molar-refractivity contribution in [2.24, 2.45) is 17.1 Å². The van der Waals surface area contributed by atoms with Crippen LogP contribution in [0.3, 0.4) is 0 Å². The van der Waals surface area contributed by atoms with Gasteiger partial charge in [0.25, 0.3) is 0 Å². The van der Waals surface area contributed by atoms with Crippen LogP contribution in [-0.4, -0.2) is 43.9 Å². The average Bonchev–Trinajstić information content (AvgIpc) is 2.99. The highest BCUT2D eigenvalue weighted by atomic mass is 16.5. The molecule has 2 heterocycles. The molecule has 0 aromatic heterocycles. The minimum Gasteiger partial charge on any atom is -0.379 e. The van der Waals surface area contributed by atoms with E-state index < -0.39 is 5.41 Å². The maximum absolute atomic E-state index is 12.4. The van der Waals surface area contributed by atoms with Crippen LogP contribution < -0.4 is 11.1 Å². The van der Waals surface area contributed by atoms with Gasteiger partial charge >= 0.3 is 0 Å². The minimum atomic E-state index is -0.587. The molecule has 4 unspecified atom stereocenters. The SMILES string of the molecule is CC1(C(=O)NC2CCOC2C2CC2)COCC1N. The summed E-state index contributed by atoms with van der Waals surface area (Å²) in [5.74, 6) is 0.674. The molecule has 3 N–H and O–H groups in total. The summed E-state index contributed by atoms with van der Waals surface area (Å²) in [6.45, 7) is 3.53. The summed E-state index contributed by atoms with van der Waals surface area (Å²) in [6.07, 6.45) is 3.60. The largest absolute Gasteiger partial charge is 0.379 e. The number of rotatable bonds is 3. The summed E-state index contributed by atoms with van der Waals surface area (Å²) in [4.78, 5) is 12.4. The summed E-state index contributed by atoms with van der Waals surface area (Å²) in [5, 5.41) is 3.14. The van der Waals surface area contributed by atoms with E-state index in [-0.39, 0.29) is 24.1 Å². The predicted molar refractivity (Wildman–Crippen MR) is 65.9 cm³/mol. The second kappa shape index (κ2) is 4.47. The Morgan fingerprint density at radius 2 is 2.17 bits per heavy atom. The third-order valence-electron chi connectivity index (χ3n) is 4.58. The smallest absolute Gasteiger partial charge is 0.230 e. The first-order chi connectivity index (χ1) is 8.61. The van der Waals surface area contributed by atoms with Crippen LogP contribution in [0.25, 0.3) is 0 Å². The van der Waals surface area contributed by atoms with E-state index in [0.29, 0.717) is 19.1 Å². The fourth-order valence-corrected chi connectivity index (χ4v) is 2.91. The van der Waals surface area contributed by atoms with Gasteiger partial charge in [0.05, 0.1) is 30.8 Å². The predicted octanol–water partition coefficient (Wildman–Crippen LogP) is 0.0339. The van der Waals surface area contributed by atoms with Gasteiger partial charge in [0.1, 0.15) is 0 Å². The van der Waals surface area contributed by atoms with Crippen molar-refractivity contribution in [1.82, 2.24) is 5.32 Å². The van der Waals surface area contributed by atoms with Crippen molar-refractivity contribution in [2.75, 3.05) is 19.8 Å². The molecular formula is C13H22N2O3. The zero-order chi connectivity index (χ0) is 12.8. The highest BCUT2D eigenvalue weighted by molar-refractivity contribution is 5.84. The lowest BCUT2D eigenvalue weighted by atomic mass is 9.84. The Kier molecular flexibility index (Phi) is 3.08. The minimum absolute atomic E-state index is 0.0219. The molecule has 0 spiro atoms. The number of carbonyl (C=O) groups excluding carboxylic acids is 1. The third kappa shape index (κ3) is 2.04. The summed E-state index contributed by atoms with van der Waals surface area (Å²) in [7, 11) is 0. The first-order valence-corrected chi connectivity index (χ1v) is 6.87. The van der Waals surface area contributed by atoms with Gasteiger partial charge in [0, 0.05) is 12.6 Å². The van der Waals surface area contributed by atoms with Crippen molar-refractivity contribution in [3.05, 3.63) is 0 Å². The van der Waals surface area contributed by atoms with Crippen LogP contribution in [-0.2, 0) is 14.3 Å². The van der Waals surface area contributed by atoms with Crippen LogP contribution in [0.5, 0.6) is 0 Å². The second-order valence-corrected chi connectivity index (χ2v) is 6.08. The molecule has 0 aromatic rings. The molecule has 5 nitrogen and oxygen atoms in total. The van der Waals surface area contributed by atoms with Crippen molar-refractivity contribution in [1.29, 1.82) is 0 Å². The molecule has 2 aliphatic heterocycles.